The Balaban J connectivity index is 1.40. The highest BCUT2D eigenvalue weighted by Gasteiger charge is 2.22. The number of carbonyl (C=O) groups is 2. The van der Waals surface area contributed by atoms with Crippen LogP contribution in [0.5, 0.6) is 5.75 Å². The molecule has 0 spiro atoms. The number of rotatable bonds is 8. The summed E-state index contributed by atoms with van der Waals surface area (Å²) in [6, 6.07) is 15.6. The second-order valence-electron chi connectivity index (χ2n) is 7.18. The predicted octanol–water partition coefficient (Wildman–Crippen LogP) is 3.13. The fraction of sp³-hybridized carbons (Fsp3) is 0.391. The zero-order valence-electron chi connectivity index (χ0n) is 17.6. The number of ether oxygens (including phenoxy) is 1. The number of methoxy groups -OCH3 is 1. The van der Waals surface area contributed by atoms with E-state index in [4.69, 9.17) is 4.74 Å². The van der Waals surface area contributed by atoms with E-state index in [1.165, 1.54) is 11.8 Å². The van der Waals surface area contributed by atoms with Crippen LogP contribution in [0.15, 0.2) is 53.4 Å². The fourth-order valence-electron chi connectivity index (χ4n) is 3.41. The number of aryl methyl sites for hydroxylation is 1. The third kappa shape index (κ3) is 6.24. The molecule has 1 heterocycles. The van der Waals surface area contributed by atoms with Gasteiger partial charge < -0.3 is 15.0 Å². The molecule has 2 aromatic rings. The number of nitrogens with zero attached hydrogens (tertiary/aromatic N) is 2. The second kappa shape index (κ2) is 11.0. The molecule has 0 saturated carbocycles. The van der Waals surface area contributed by atoms with E-state index in [1.54, 1.807) is 7.11 Å². The molecule has 1 fully saturated rings. The molecule has 1 saturated heterocycles. The lowest BCUT2D eigenvalue weighted by Gasteiger charge is -2.34. The number of thioether (sulfide) groups is 1. The standard InChI is InChI=1S/C23H29N3O3S/c1-3-18-6-4-5-7-21(18)24-22(27)16-25-12-14-26(15-13-25)23(28)17-30-20-10-8-19(29-2)9-11-20/h4-11H,3,12-17H2,1-2H3,(H,24,27). The zero-order valence-corrected chi connectivity index (χ0v) is 18.4. The van der Waals surface area contributed by atoms with E-state index in [0.717, 1.165) is 28.3 Å². The van der Waals surface area contributed by atoms with Crippen LogP contribution in [0.25, 0.3) is 0 Å². The van der Waals surface area contributed by atoms with Crippen molar-refractivity contribution in [3.8, 4) is 5.75 Å². The number of nitrogens with one attached hydrogen (secondary N) is 1. The molecule has 160 valence electrons. The largest absolute Gasteiger partial charge is 0.497 e. The van der Waals surface area contributed by atoms with Crippen LogP contribution in [0.1, 0.15) is 12.5 Å². The zero-order chi connectivity index (χ0) is 21.3. The van der Waals surface area contributed by atoms with Crippen molar-refractivity contribution in [2.24, 2.45) is 0 Å². The van der Waals surface area contributed by atoms with E-state index in [9.17, 15) is 9.59 Å². The Morgan fingerprint density at radius 1 is 1.03 bits per heavy atom. The third-order valence-electron chi connectivity index (χ3n) is 5.19. The molecular weight excluding hydrogens is 398 g/mol. The number of anilines is 1. The number of benzene rings is 2. The minimum atomic E-state index is -0.00858. The Morgan fingerprint density at radius 3 is 2.40 bits per heavy atom. The maximum absolute atomic E-state index is 12.5. The van der Waals surface area contributed by atoms with Gasteiger partial charge in [-0.15, -0.1) is 11.8 Å². The van der Waals surface area contributed by atoms with Crippen LogP contribution in [0, 0.1) is 0 Å². The first-order valence-corrected chi connectivity index (χ1v) is 11.2. The number of carbonyl (C=O) groups excluding carboxylic acids is 2. The van der Waals surface area contributed by atoms with E-state index < -0.39 is 0 Å². The quantitative estimate of drug-likeness (QED) is 0.656. The fourth-order valence-corrected chi connectivity index (χ4v) is 4.21. The lowest BCUT2D eigenvalue weighted by Crippen LogP contribution is -2.50. The smallest absolute Gasteiger partial charge is 0.238 e. The highest BCUT2D eigenvalue weighted by Crippen LogP contribution is 2.22. The molecule has 1 aliphatic heterocycles. The predicted molar refractivity (Wildman–Crippen MR) is 121 cm³/mol. The normalized spacial score (nSPS) is 14.4. The average Bonchev–Trinajstić information content (AvgIpc) is 2.78. The van der Waals surface area contributed by atoms with Crippen LogP contribution in [-0.2, 0) is 16.0 Å². The van der Waals surface area contributed by atoms with Crippen molar-refractivity contribution in [2.75, 3.05) is 50.9 Å². The molecule has 0 bridgehead atoms. The molecule has 1 aliphatic rings. The summed E-state index contributed by atoms with van der Waals surface area (Å²) in [5.74, 6) is 1.35. The van der Waals surface area contributed by atoms with Gasteiger partial charge in [-0.25, -0.2) is 0 Å². The van der Waals surface area contributed by atoms with Gasteiger partial charge in [0.1, 0.15) is 5.75 Å². The summed E-state index contributed by atoms with van der Waals surface area (Å²) in [4.78, 5) is 30.0. The molecule has 1 N–H and O–H groups in total. The summed E-state index contributed by atoms with van der Waals surface area (Å²) in [5.41, 5.74) is 2.02. The van der Waals surface area contributed by atoms with Crippen LogP contribution in [-0.4, -0.2) is 67.2 Å². The molecule has 0 atom stereocenters. The summed E-state index contributed by atoms with van der Waals surface area (Å²) in [6.07, 6.45) is 0.881. The first kappa shape index (κ1) is 22.2. The molecule has 2 aromatic carbocycles. The van der Waals surface area contributed by atoms with Gasteiger partial charge in [0.2, 0.25) is 11.8 Å². The molecule has 0 aromatic heterocycles. The molecular formula is C23H29N3O3S. The van der Waals surface area contributed by atoms with Crippen molar-refractivity contribution in [2.45, 2.75) is 18.2 Å². The van der Waals surface area contributed by atoms with E-state index in [-0.39, 0.29) is 11.8 Å². The van der Waals surface area contributed by atoms with Gasteiger partial charge in [-0.05, 0) is 42.3 Å². The van der Waals surface area contributed by atoms with Gasteiger partial charge in [0.15, 0.2) is 0 Å². The third-order valence-corrected chi connectivity index (χ3v) is 6.18. The van der Waals surface area contributed by atoms with Crippen molar-refractivity contribution in [1.29, 1.82) is 0 Å². The van der Waals surface area contributed by atoms with Crippen molar-refractivity contribution >= 4 is 29.3 Å². The molecule has 3 rings (SSSR count). The molecule has 7 heteroatoms. The number of para-hydroxylation sites is 1. The van der Waals surface area contributed by atoms with Crippen LogP contribution in [0.2, 0.25) is 0 Å². The molecule has 2 amide bonds. The van der Waals surface area contributed by atoms with Crippen molar-refractivity contribution in [3.05, 3.63) is 54.1 Å². The Labute approximate surface area is 182 Å². The minimum absolute atomic E-state index is 0.00858. The molecule has 0 unspecified atom stereocenters. The number of hydrogen-bond donors (Lipinski definition) is 1. The van der Waals surface area contributed by atoms with E-state index >= 15 is 0 Å². The number of hydrogen-bond acceptors (Lipinski definition) is 5. The highest BCUT2D eigenvalue weighted by atomic mass is 32.2. The van der Waals surface area contributed by atoms with Crippen LogP contribution in [0.4, 0.5) is 5.69 Å². The van der Waals surface area contributed by atoms with Crippen LogP contribution in [0.3, 0.4) is 0 Å². The Hall–Kier alpha value is -2.51. The molecule has 30 heavy (non-hydrogen) atoms. The number of amides is 2. The van der Waals surface area contributed by atoms with Gasteiger partial charge in [0.25, 0.3) is 0 Å². The van der Waals surface area contributed by atoms with Gasteiger partial charge in [-0.2, -0.15) is 0 Å². The molecule has 0 aliphatic carbocycles. The second-order valence-corrected chi connectivity index (χ2v) is 8.23. The van der Waals surface area contributed by atoms with Gasteiger partial charge >= 0.3 is 0 Å². The van der Waals surface area contributed by atoms with Gasteiger partial charge in [0.05, 0.1) is 19.4 Å². The van der Waals surface area contributed by atoms with Gasteiger partial charge in [-0.1, -0.05) is 25.1 Å². The first-order chi connectivity index (χ1) is 14.6. The monoisotopic (exact) mass is 427 g/mol. The Bertz CT molecular complexity index is 849. The van der Waals surface area contributed by atoms with Crippen LogP contribution < -0.4 is 10.1 Å². The number of piperazine rings is 1. The summed E-state index contributed by atoms with van der Waals surface area (Å²) in [5, 5.41) is 3.02. The Morgan fingerprint density at radius 2 is 1.73 bits per heavy atom. The molecule has 6 nitrogen and oxygen atoms in total. The van der Waals surface area contributed by atoms with E-state index in [0.29, 0.717) is 38.5 Å². The molecule has 0 radical (unpaired) electrons. The lowest BCUT2D eigenvalue weighted by atomic mass is 10.1. The lowest BCUT2D eigenvalue weighted by molar-refractivity contribution is -0.130. The topological polar surface area (TPSA) is 61.9 Å². The van der Waals surface area contributed by atoms with Crippen molar-refractivity contribution in [1.82, 2.24) is 9.80 Å². The summed E-state index contributed by atoms with van der Waals surface area (Å²) < 4.78 is 5.15. The summed E-state index contributed by atoms with van der Waals surface area (Å²) in [6.45, 7) is 5.15. The van der Waals surface area contributed by atoms with Gasteiger partial charge in [-0.3, -0.25) is 14.5 Å². The maximum Gasteiger partial charge on any atom is 0.238 e. The summed E-state index contributed by atoms with van der Waals surface area (Å²) in [7, 11) is 1.64. The van der Waals surface area contributed by atoms with Crippen LogP contribution >= 0.6 is 11.8 Å². The minimum Gasteiger partial charge on any atom is -0.497 e. The van der Waals surface area contributed by atoms with Gasteiger partial charge in [0, 0.05) is 36.8 Å². The highest BCUT2D eigenvalue weighted by molar-refractivity contribution is 8.00. The van der Waals surface area contributed by atoms with Crippen molar-refractivity contribution in [3.63, 3.8) is 0 Å². The maximum atomic E-state index is 12.5. The average molecular weight is 428 g/mol. The summed E-state index contributed by atoms with van der Waals surface area (Å²) >= 11 is 1.53. The van der Waals surface area contributed by atoms with Crippen molar-refractivity contribution < 1.29 is 14.3 Å². The SMILES string of the molecule is CCc1ccccc1NC(=O)CN1CCN(C(=O)CSc2ccc(OC)cc2)CC1. The van der Waals surface area contributed by atoms with E-state index in [1.807, 2.05) is 53.4 Å². The Kier molecular flexibility index (Phi) is 8.16. The first-order valence-electron chi connectivity index (χ1n) is 10.2. The van der Waals surface area contributed by atoms with E-state index in [2.05, 4.69) is 17.1 Å².